The number of carbonyl (C=O) groups is 1. The van der Waals surface area contributed by atoms with Crippen LogP contribution < -0.4 is 15.4 Å². The molecule has 0 aliphatic carbocycles. The predicted octanol–water partition coefficient (Wildman–Crippen LogP) is 2.35. The number of benzene rings is 1. The normalized spacial score (nSPS) is 19.1. The van der Waals surface area contributed by atoms with Crippen LogP contribution in [0.5, 0.6) is 5.75 Å². The molecule has 0 spiro atoms. The Hall–Kier alpha value is -2.31. The number of nitrogens with zero attached hydrogens (tertiary/aromatic N) is 2. The average Bonchev–Trinajstić information content (AvgIpc) is 3.21. The van der Waals surface area contributed by atoms with Gasteiger partial charge >= 0.3 is 0 Å². The lowest BCUT2D eigenvalue weighted by atomic mass is 9.90. The smallest absolute Gasteiger partial charge is 0.229 e. The van der Waals surface area contributed by atoms with Gasteiger partial charge in [-0.25, -0.2) is 0 Å². The van der Waals surface area contributed by atoms with E-state index in [0.29, 0.717) is 18.9 Å². The lowest BCUT2D eigenvalue weighted by Gasteiger charge is -2.17. The molecule has 1 aromatic heterocycles. The number of anilines is 1. The largest absolute Gasteiger partial charge is 0.489 e. The van der Waals surface area contributed by atoms with Crippen molar-refractivity contribution in [2.45, 2.75) is 5.92 Å². The molecule has 2 aromatic rings. The highest BCUT2D eigenvalue weighted by Crippen LogP contribution is 2.29. The van der Waals surface area contributed by atoms with Gasteiger partial charge in [0.2, 0.25) is 5.91 Å². The summed E-state index contributed by atoms with van der Waals surface area (Å²) in [6.07, 6.45) is 5.50. The standard InChI is InChI=1S/C18H22N4O2.ClH/c1-3-7-24-15-6-4-5-14(8-15)21-18(23)17-11-19-10-16(17)13-9-20-22(2)12-13;/h3-6,8-9,12,16-17,19H,1,7,10-11H2,2H3,(H,21,23);1H/t16-,17+;/m1./s1. The van der Waals surface area contributed by atoms with Crippen molar-refractivity contribution in [3.63, 3.8) is 0 Å². The first-order valence-electron chi connectivity index (χ1n) is 8.01. The van der Waals surface area contributed by atoms with Gasteiger partial charge in [0.25, 0.3) is 0 Å². The van der Waals surface area contributed by atoms with Crippen molar-refractivity contribution in [2.24, 2.45) is 13.0 Å². The van der Waals surface area contributed by atoms with E-state index in [-0.39, 0.29) is 30.2 Å². The molecular formula is C18H23ClN4O2. The van der Waals surface area contributed by atoms with Crippen LogP contribution in [0.4, 0.5) is 5.69 Å². The average molecular weight is 363 g/mol. The molecule has 1 amide bonds. The van der Waals surface area contributed by atoms with Crippen LogP contribution in [0.3, 0.4) is 0 Å². The summed E-state index contributed by atoms with van der Waals surface area (Å²) in [6, 6.07) is 7.40. The summed E-state index contributed by atoms with van der Waals surface area (Å²) in [4.78, 5) is 12.7. The van der Waals surface area contributed by atoms with Gasteiger partial charge in [-0.3, -0.25) is 9.48 Å². The quantitative estimate of drug-likeness (QED) is 0.774. The summed E-state index contributed by atoms with van der Waals surface area (Å²) in [7, 11) is 1.88. The fourth-order valence-electron chi connectivity index (χ4n) is 2.99. The Bertz CT molecular complexity index is 731. The first-order valence-corrected chi connectivity index (χ1v) is 8.01. The number of carbonyl (C=O) groups excluding carboxylic acids is 1. The molecule has 0 unspecified atom stereocenters. The Balaban J connectivity index is 0.00000225. The molecule has 1 aromatic carbocycles. The number of aromatic nitrogens is 2. The molecule has 3 rings (SSSR count). The third-order valence-electron chi connectivity index (χ3n) is 4.17. The Kier molecular flexibility index (Phi) is 6.61. The summed E-state index contributed by atoms with van der Waals surface area (Å²) in [5, 5.41) is 10.5. The third-order valence-corrected chi connectivity index (χ3v) is 4.17. The first-order chi connectivity index (χ1) is 11.7. The van der Waals surface area contributed by atoms with E-state index in [1.54, 1.807) is 10.8 Å². The number of rotatable bonds is 6. The molecule has 2 N–H and O–H groups in total. The number of halogens is 1. The van der Waals surface area contributed by atoms with Gasteiger partial charge in [0.05, 0.1) is 12.1 Å². The summed E-state index contributed by atoms with van der Waals surface area (Å²) in [6.45, 7) is 5.52. The summed E-state index contributed by atoms with van der Waals surface area (Å²) in [5.41, 5.74) is 1.82. The highest BCUT2D eigenvalue weighted by atomic mass is 35.5. The maximum atomic E-state index is 12.7. The van der Waals surface area contributed by atoms with Gasteiger partial charge in [0, 0.05) is 44.0 Å². The molecule has 0 radical (unpaired) electrons. The van der Waals surface area contributed by atoms with Crippen LogP contribution in [-0.4, -0.2) is 35.4 Å². The minimum Gasteiger partial charge on any atom is -0.489 e. The number of nitrogens with one attached hydrogen (secondary N) is 2. The molecule has 7 heteroatoms. The van der Waals surface area contributed by atoms with Gasteiger partial charge in [0.1, 0.15) is 12.4 Å². The van der Waals surface area contributed by atoms with E-state index in [1.165, 1.54) is 0 Å². The fraction of sp³-hybridized carbons (Fsp3) is 0.333. The number of ether oxygens (including phenoxy) is 1. The lowest BCUT2D eigenvalue weighted by Crippen LogP contribution is -2.28. The molecule has 25 heavy (non-hydrogen) atoms. The molecule has 2 atom stereocenters. The number of hydrogen-bond acceptors (Lipinski definition) is 4. The van der Waals surface area contributed by atoms with Crippen molar-refractivity contribution in [3.8, 4) is 5.75 Å². The SMILES string of the molecule is C=CCOc1cccc(NC(=O)[C@H]2CNC[C@@H]2c2cnn(C)c2)c1.Cl. The third kappa shape index (κ3) is 4.61. The molecule has 1 saturated heterocycles. The number of amides is 1. The Morgan fingerprint density at radius 2 is 2.36 bits per heavy atom. The van der Waals surface area contributed by atoms with Gasteiger partial charge < -0.3 is 15.4 Å². The molecule has 1 aliphatic heterocycles. The molecule has 1 aliphatic rings. The van der Waals surface area contributed by atoms with Gasteiger partial charge in [-0.15, -0.1) is 12.4 Å². The Labute approximate surface area is 153 Å². The van der Waals surface area contributed by atoms with E-state index >= 15 is 0 Å². The van der Waals surface area contributed by atoms with E-state index in [2.05, 4.69) is 22.3 Å². The number of aryl methyl sites for hydroxylation is 1. The highest BCUT2D eigenvalue weighted by Gasteiger charge is 2.34. The van der Waals surface area contributed by atoms with Crippen molar-refractivity contribution in [1.82, 2.24) is 15.1 Å². The molecule has 0 bridgehead atoms. The van der Waals surface area contributed by atoms with Crippen LogP contribution >= 0.6 is 12.4 Å². The highest BCUT2D eigenvalue weighted by molar-refractivity contribution is 5.93. The van der Waals surface area contributed by atoms with Gasteiger partial charge in [0.15, 0.2) is 0 Å². The maximum Gasteiger partial charge on any atom is 0.229 e. The zero-order valence-corrected chi connectivity index (χ0v) is 15.0. The van der Waals surface area contributed by atoms with Gasteiger partial charge in [-0.05, 0) is 17.7 Å². The second-order valence-electron chi connectivity index (χ2n) is 5.94. The lowest BCUT2D eigenvalue weighted by molar-refractivity contribution is -0.119. The van der Waals surface area contributed by atoms with E-state index in [1.807, 2.05) is 43.7 Å². The molecule has 134 valence electrons. The van der Waals surface area contributed by atoms with Crippen LogP contribution in [0.25, 0.3) is 0 Å². The zero-order chi connectivity index (χ0) is 16.9. The van der Waals surface area contributed by atoms with Crippen LogP contribution in [0.2, 0.25) is 0 Å². The van der Waals surface area contributed by atoms with Crippen molar-refractivity contribution >= 4 is 24.0 Å². The summed E-state index contributed by atoms with van der Waals surface area (Å²) in [5.74, 6) is 0.738. The minimum absolute atomic E-state index is 0. The topological polar surface area (TPSA) is 68.2 Å². The first kappa shape index (κ1) is 19.0. The Morgan fingerprint density at radius 1 is 1.52 bits per heavy atom. The molecule has 0 saturated carbocycles. The van der Waals surface area contributed by atoms with Crippen LogP contribution in [0.1, 0.15) is 11.5 Å². The number of hydrogen-bond donors (Lipinski definition) is 2. The van der Waals surface area contributed by atoms with Crippen molar-refractivity contribution in [2.75, 3.05) is 25.0 Å². The Morgan fingerprint density at radius 3 is 3.08 bits per heavy atom. The minimum atomic E-state index is -0.119. The molecule has 2 heterocycles. The van der Waals surface area contributed by atoms with Crippen molar-refractivity contribution in [3.05, 3.63) is 54.9 Å². The van der Waals surface area contributed by atoms with E-state index in [0.717, 1.165) is 17.8 Å². The predicted molar refractivity (Wildman–Crippen MR) is 100 cm³/mol. The van der Waals surface area contributed by atoms with E-state index < -0.39 is 0 Å². The van der Waals surface area contributed by atoms with Gasteiger partial charge in [-0.1, -0.05) is 18.7 Å². The van der Waals surface area contributed by atoms with Crippen molar-refractivity contribution in [1.29, 1.82) is 0 Å². The summed E-state index contributed by atoms with van der Waals surface area (Å²) < 4.78 is 7.27. The zero-order valence-electron chi connectivity index (χ0n) is 14.1. The van der Waals surface area contributed by atoms with E-state index in [4.69, 9.17) is 4.74 Å². The molecule has 1 fully saturated rings. The molecular weight excluding hydrogens is 340 g/mol. The van der Waals surface area contributed by atoms with Gasteiger partial charge in [-0.2, -0.15) is 5.10 Å². The molecule has 6 nitrogen and oxygen atoms in total. The van der Waals surface area contributed by atoms with Crippen LogP contribution in [0.15, 0.2) is 49.3 Å². The monoisotopic (exact) mass is 362 g/mol. The summed E-state index contributed by atoms with van der Waals surface area (Å²) >= 11 is 0. The van der Waals surface area contributed by atoms with Crippen LogP contribution in [0, 0.1) is 5.92 Å². The second kappa shape index (κ2) is 8.69. The second-order valence-corrected chi connectivity index (χ2v) is 5.94. The van der Waals surface area contributed by atoms with Crippen molar-refractivity contribution < 1.29 is 9.53 Å². The fourth-order valence-corrected chi connectivity index (χ4v) is 2.99. The van der Waals surface area contributed by atoms with E-state index in [9.17, 15) is 4.79 Å². The maximum absolute atomic E-state index is 12.7. The van der Waals surface area contributed by atoms with Crippen LogP contribution in [-0.2, 0) is 11.8 Å².